The Hall–Kier alpha value is -1.66. The number of hydrogen-bond donors (Lipinski definition) is 1. The number of ether oxygens (including phenoxy) is 3. The van der Waals surface area contributed by atoms with E-state index in [1.807, 2.05) is 0 Å². The summed E-state index contributed by atoms with van der Waals surface area (Å²) in [5.41, 5.74) is -0.0956. The molecular weight excluding hydrogens is 253 g/mol. The fourth-order valence-electron chi connectivity index (χ4n) is 1.84. The third-order valence-corrected chi connectivity index (χ3v) is 2.80. The minimum atomic E-state index is -0.613. The maximum absolute atomic E-state index is 13.7. The lowest BCUT2D eigenvalue weighted by Crippen LogP contribution is -2.40. The van der Waals surface area contributed by atoms with Gasteiger partial charge in [0, 0.05) is 6.54 Å². The molecule has 0 radical (unpaired) electrons. The summed E-state index contributed by atoms with van der Waals surface area (Å²) in [6.45, 7) is 1.76. The highest BCUT2D eigenvalue weighted by molar-refractivity contribution is 5.97. The van der Waals surface area contributed by atoms with Gasteiger partial charge in [-0.3, -0.25) is 4.79 Å². The van der Waals surface area contributed by atoms with Crippen LogP contribution in [0.3, 0.4) is 0 Å². The van der Waals surface area contributed by atoms with Crippen LogP contribution in [0.25, 0.3) is 0 Å². The van der Waals surface area contributed by atoms with Gasteiger partial charge in [0.15, 0.2) is 0 Å². The van der Waals surface area contributed by atoms with Crippen molar-refractivity contribution in [3.63, 3.8) is 0 Å². The first-order chi connectivity index (χ1) is 9.22. The highest BCUT2D eigenvalue weighted by Gasteiger charge is 2.20. The van der Waals surface area contributed by atoms with Gasteiger partial charge in [0.25, 0.3) is 5.91 Å². The quantitative estimate of drug-likeness (QED) is 0.885. The molecule has 1 aromatic carbocycles. The number of carbonyl (C=O) groups is 1. The van der Waals surface area contributed by atoms with E-state index in [1.54, 1.807) is 0 Å². The second-order valence-corrected chi connectivity index (χ2v) is 4.09. The highest BCUT2D eigenvalue weighted by atomic mass is 19.1. The number of amides is 1. The van der Waals surface area contributed by atoms with Gasteiger partial charge in [-0.2, -0.15) is 0 Å². The summed E-state index contributed by atoms with van der Waals surface area (Å²) in [5.74, 6) is -0.930. The lowest BCUT2D eigenvalue weighted by molar-refractivity contribution is -0.0855. The van der Waals surface area contributed by atoms with Crippen LogP contribution in [0.5, 0.6) is 5.75 Å². The molecule has 104 valence electrons. The zero-order valence-electron chi connectivity index (χ0n) is 10.6. The third kappa shape index (κ3) is 3.42. The van der Waals surface area contributed by atoms with Crippen LogP contribution in [0.2, 0.25) is 0 Å². The molecule has 1 amide bonds. The molecule has 1 saturated heterocycles. The topological polar surface area (TPSA) is 56.8 Å². The van der Waals surface area contributed by atoms with Gasteiger partial charge in [-0.15, -0.1) is 0 Å². The van der Waals surface area contributed by atoms with Crippen molar-refractivity contribution in [2.75, 3.05) is 33.5 Å². The van der Waals surface area contributed by atoms with Crippen LogP contribution in [0.15, 0.2) is 18.2 Å². The number of rotatable bonds is 4. The first-order valence-corrected chi connectivity index (χ1v) is 6.02. The molecule has 1 heterocycles. The molecular formula is C13H16FNO4. The maximum Gasteiger partial charge on any atom is 0.258 e. The Kier molecular flexibility index (Phi) is 4.70. The minimum absolute atomic E-state index is 0.0956. The normalized spacial score (nSPS) is 18.9. The number of carbonyl (C=O) groups excluding carboxylic acids is 1. The van der Waals surface area contributed by atoms with Crippen LogP contribution in [-0.4, -0.2) is 45.5 Å². The zero-order valence-corrected chi connectivity index (χ0v) is 10.6. The Morgan fingerprint density at radius 1 is 1.53 bits per heavy atom. The smallest absolute Gasteiger partial charge is 0.258 e. The second-order valence-electron chi connectivity index (χ2n) is 4.09. The van der Waals surface area contributed by atoms with Crippen LogP contribution in [0, 0.1) is 5.82 Å². The number of benzene rings is 1. The standard InChI is InChI=1S/C13H16FNO4/c1-17-11-4-2-3-10(14)12(11)13(16)15-7-9-8-18-5-6-19-9/h2-4,9H,5-8H2,1H3,(H,15,16)/t9-/m1/s1. The molecule has 1 aliphatic rings. The van der Waals surface area contributed by atoms with E-state index in [2.05, 4.69) is 5.32 Å². The molecule has 0 aromatic heterocycles. The summed E-state index contributed by atoms with van der Waals surface area (Å²) in [6.07, 6.45) is -0.199. The van der Waals surface area contributed by atoms with Crippen LogP contribution < -0.4 is 10.1 Å². The third-order valence-electron chi connectivity index (χ3n) is 2.80. The summed E-state index contributed by atoms with van der Waals surface area (Å²) in [7, 11) is 1.39. The zero-order chi connectivity index (χ0) is 13.7. The second kappa shape index (κ2) is 6.49. The van der Waals surface area contributed by atoms with Gasteiger partial charge in [-0.25, -0.2) is 4.39 Å². The van der Waals surface area contributed by atoms with Crippen LogP contribution in [0.1, 0.15) is 10.4 Å². The molecule has 0 spiro atoms. The molecule has 19 heavy (non-hydrogen) atoms. The molecule has 1 N–H and O–H groups in total. The molecule has 0 unspecified atom stereocenters. The van der Waals surface area contributed by atoms with Crippen molar-refractivity contribution in [2.24, 2.45) is 0 Å². The molecule has 1 aromatic rings. The number of halogens is 1. The van der Waals surface area contributed by atoms with Crippen molar-refractivity contribution in [3.05, 3.63) is 29.6 Å². The van der Waals surface area contributed by atoms with Crippen LogP contribution >= 0.6 is 0 Å². The summed E-state index contributed by atoms with van der Waals surface area (Å²) in [6, 6.07) is 4.25. The number of nitrogens with one attached hydrogen (secondary N) is 1. The van der Waals surface area contributed by atoms with E-state index in [1.165, 1.54) is 25.3 Å². The Bertz CT molecular complexity index is 446. The summed E-state index contributed by atoms with van der Waals surface area (Å²) in [5, 5.41) is 2.62. The van der Waals surface area contributed by atoms with Gasteiger partial charge in [0.1, 0.15) is 17.1 Å². The minimum Gasteiger partial charge on any atom is -0.496 e. The molecule has 1 atom stereocenters. The Morgan fingerprint density at radius 2 is 2.37 bits per heavy atom. The Morgan fingerprint density at radius 3 is 3.05 bits per heavy atom. The van der Waals surface area contributed by atoms with E-state index in [4.69, 9.17) is 14.2 Å². The summed E-state index contributed by atoms with van der Waals surface area (Å²) in [4.78, 5) is 12.0. The molecule has 0 bridgehead atoms. The summed E-state index contributed by atoms with van der Waals surface area (Å²) < 4.78 is 29.2. The predicted molar refractivity (Wildman–Crippen MR) is 65.8 cm³/mol. The largest absolute Gasteiger partial charge is 0.496 e. The molecule has 2 rings (SSSR count). The van der Waals surface area contributed by atoms with Crippen molar-refractivity contribution in [3.8, 4) is 5.75 Å². The first-order valence-electron chi connectivity index (χ1n) is 6.02. The van der Waals surface area contributed by atoms with E-state index < -0.39 is 11.7 Å². The van der Waals surface area contributed by atoms with Crippen LogP contribution in [-0.2, 0) is 9.47 Å². The fourth-order valence-corrected chi connectivity index (χ4v) is 1.84. The Labute approximate surface area is 110 Å². The van der Waals surface area contributed by atoms with Crippen molar-refractivity contribution >= 4 is 5.91 Å². The molecule has 0 saturated carbocycles. The van der Waals surface area contributed by atoms with Gasteiger partial charge < -0.3 is 19.5 Å². The van der Waals surface area contributed by atoms with Crippen molar-refractivity contribution in [1.29, 1.82) is 0 Å². The van der Waals surface area contributed by atoms with E-state index in [0.29, 0.717) is 19.8 Å². The van der Waals surface area contributed by atoms with E-state index in [9.17, 15) is 9.18 Å². The molecule has 1 aliphatic heterocycles. The average Bonchev–Trinajstić information content (AvgIpc) is 2.45. The molecule has 1 fully saturated rings. The van der Waals surface area contributed by atoms with Gasteiger partial charge >= 0.3 is 0 Å². The van der Waals surface area contributed by atoms with Crippen molar-refractivity contribution < 1.29 is 23.4 Å². The lowest BCUT2D eigenvalue weighted by atomic mass is 10.1. The van der Waals surface area contributed by atoms with E-state index >= 15 is 0 Å². The predicted octanol–water partition coefficient (Wildman–Crippen LogP) is 0.979. The summed E-state index contributed by atoms with van der Waals surface area (Å²) >= 11 is 0. The van der Waals surface area contributed by atoms with Crippen molar-refractivity contribution in [2.45, 2.75) is 6.10 Å². The van der Waals surface area contributed by atoms with Gasteiger partial charge in [-0.1, -0.05) is 6.07 Å². The fraction of sp³-hybridized carbons (Fsp3) is 0.462. The maximum atomic E-state index is 13.7. The monoisotopic (exact) mass is 269 g/mol. The van der Waals surface area contributed by atoms with E-state index in [0.717, 1.165) is 0 Å². The average molecular weight is 269 g/mol. The van der Waals surface area contributed by atoms with Gasteiger partial charge in [0.2, 0.25) is 0 Å². The lowest BCUT2D eigenvalue weighted by Gasteiger charge is -2.23. The van der Waals surface area contributed by atoms with Gasteiger partial charge in [0.05, 0.1) is 33.0 Å². The first kappa shape index (κ1) is 13.8. The van der Waals surface area contributed by atoms with Gasteiger partial charge in [-0.05, 0) is 12.1 Å². The van der Waals surface area contributed by atoms with Crippen molar-refractivity contribution in [1.82, 2.24) is 5.32 Å². The molecule has 0 aliphatic carbocycles. The Balaban J connectivity index is 1.99. The number of hydrogen-bond acceptors (Lipinski definition) is 4. The number of methoxy groups -OCH3 is 1. The molecule has 6 heteroatoms. The van der Waals surface area contributed by atoms with Crippen LogP contribution in [0.4, 0.5) is 4.39 Å². The highest BCUT2D eigenvalue weighted by Crippen LogP contribution is 2.20. The SMILES string of the molecule is COc1cccc(F)c1C(=O)NC[C@@H]1COCCO1. The molecule has 5 nitrogen and oxygen atoms in total. The van der Waals surface area contributed by atoms with E-state index in [-0.39, 0.29) is 24.0 Å².